The van der Waals surface area contributed by atoms with Gasteiger partial charge in [-0.3, -0.25) is 23.9 Å². The summed E-state index contributed by atoms with van der Waals surface area (Å²) in [5.41, 5.74) is -0.752. The second-order valence-electron chi connectivity index (χ2n) is 14.2. The number of allylic oxidation sites excluding steroid dienone is 1. The van der Waals surface area contributed by atoms with E-state index in [4.69, 9.17) is 4.74 Å². The van der Waals surface area contributed by atoms with Gasteiger partial charge in [0.2, 0.25) is 27.7 Å². The Balaban J connectivity index is 1.20. The van der Waals surface area contributed by atoms with Crippen LogP contribution in [0, 0.1) is 24.5 Å². The van der Waals surface area contributed by atoms with Gasteiger partial charge in [-0.25, -0.2) is 27.2 Å². The predicted octanol–water partition coefficient (Wildman–Crippen LogP) is 3.37. The number of hydrogen-bond donors (Lipinski definition) is 3. The Morgan fingerprint density at radius 1 is 1.02 bits per heavy atom. The van der Waals surface area contributed by atoms with E-state index in [-0.39, 0.29) is 42.8 Å². The summed E-state index contributed by atoms with van der Waals surface area (Å²) in [6.45, 7) is 1.51. The Labute approximate surface area is 305 Å². The molecular weight excluding hydrogens is 711 g/mol. The van der Waals surface area contributed by atoms with Crippen molar-refractivity contribution in [3.05, 3.63) is 77.5 Å². The number of fused-ring (bicyclic) bond motifs is 3. The zero-order valence-electron chi connectivity index (χ0n) is 29.0. The number of benzene rings is 2. The van der Waals surface area contributed by atoms with E-state index in [2.05, 4.69) is 25.3 Å². The smallest absolute Gasteiger partial charge is 0.259 e. The van der Waals surface area contributed by atoms with E-state index < -0.39 is 80.2 Å². The molecule has 0 spiro atoms. The largest absolute Gasteiger partial charge is 0.471 e. The summed E-state index contributed by atoms with van der Waals surface area (Å²) in [6.07, 6.45) is 6.77. The van der Waals surface area contributed by atoms with Crippen molar-refractivity contribution in [2.75, 3.05) is 6.54 Å². The Morgan fingerprint density at radius 2 is 1.79 bits per heavy atom. The molecule has 53 heavy (non-hydrogen) atoms. The van der Waals surface area contributed by atoms with Crippen LogP contribution >= 0.6 is 0 Å². The maximum atomic E-state index is 14.7. The molecule has 2 aromatic carbocycles. The molecule has 5 atom stereocenters. The summed E-state index contributed by atoms with van der Waals surface area (Å²) < 4.78 is 62.2. The molecule has 2 saturated carbocycles. The molecule has 16 heteroatoms. The Bertz CT molecular complexity index is 2090. The van der Waals surface area contributed by atoms with Crippen LogP contribution in [0.2, 0.25) is 0 Å². The highest BCUT2D eigenvalue weighted by atomic mass is 32.2. The molecular formula is C37H40F2N6O7S. The van der Waals surface area contributed by atoms with E-state index in [1.54, 1.807) is 13.0 Å². The molecule has 1 saturated heterocycles. The van der Waals surface area contributed by atoms with Gasteiger partial charge in [-0.2, -0.15) is 0 Å². The van der Waals surface area contributed by atoms with Gasteiger partial charge in [0.15, 0.2) is 5.82 Å². The number of amides is 4. The second kappa shape index (κ2) is 14.4. The Morgan fingerprint density at radius 3 is 2.55 bits per heavy atom. The summed E-state index contributed by atoms with van der Waals surface area (Å²) in [7, 11) is -3.93. The van der Waals surface area contributed by atoms with Crippen LogP contribution in [0.1, 0.15) is 73.8 Å². The molecule has 4 amide bonds. The van der Waals surface area contributed by atoms with Gasteiger partial charge < -0.3 is 20.3 Å². The van der Waals surface area contributed by atoms with E-state index in [0.29, 0.717) is 43.3 Å². The van der Waals surface area contributed by atoms with Crippen LogP contribution in [-0.2, 0) is 24.4 Å². The van der Waals surface area contributed by atoms with Crippen LogP contribution < -0.4 is 20.1 Å². The molecule has 280 valence electrons. The van der Waals surface area contributed by atoms with Gasteiger partial charge in [0.1, 0.15) is 40.8 Å². The van der Waals surface area contributed by atoms with Gasteiger partial charge in [-0.05, 0) is 81.8 Å². The molecule has 1 aromatic heterocycles. The molecule has 0 unspecified atom stereocenters. The van der Waals surface area contributed by atoms with Crippen LogP contribution in [0.15, 0.2) is 54.6 Å². The minimum Gasteiger partial charge on any atom is -0.471 e. The number of rotatable bonds is 7. The van der Waals surface area contributed by atoms with E-state index in [1.807, 2.05) is 12.2 Å². The van der Waals surface area contributed by atoms with E-state index in [9.17, 15) is 36.4 Å². The number of aryl methyl sites for hydroxylation is 1. The lowest BCUT2D eigenvalue weighted by molar-refractivity contribution is -0.141. The SMILES string of the molecule is Cc1nc2cccc(F)c2nc1O[C@@H]1C[C@H]2C(=O)N[C@]3(C(=O)NS(=O)(=O)C4CC4)C[C@H]3C=CCCCCC[C@H](NC(=O)c3ccc(F)cc3)C(=O)N2C1. The minimum atomic E-state index is -3.93. The molecule has 3 aromatic rings. The molecule has 3 N–H and O–H groups in total. The second-order valence-corrected chi connectivity index (χ2v) is 16.2. The summed E-state index contributed by atoms with van der Waals surface area (Å²) in [4.78, 5) is 65.8. The van der Waals surface area contributed by atoms with Crippen molar-refractivity contribution in [2.24, 2.45) is 5.92 Å². The fraction of sp³-hybridized carbons (Fsp3) is 0.459. The molecule has 2 aliphatic carbocycles. The van der Waals surface area contributed by atoms with Crippen molar-refractivity contribution in [3.8, 4) is 5.88 Å². The topological polar surface area (TPSA) is 177 Å². The van der Waals surface area contributed by atoms with Gasteiger partial charge >= 0.3 is 0 Å². The highest BCUT2D eigenvalue weighted by molar-refractivity contribution is 7.91. The monoisotopic (exact) mass is 750 g/mol. The molecule has 0 radical (unpaired) electrons. The first-order valence-corrected chi connectivity index (χ1v) is 19.4. The fourth-order valence-corrected chi connectivity index (χ4v) is 8.44. The summed E-state index contributed by atoms with van der Waals surface area (Å²) in [6, 6.07) is 6.98. The Kier molecular flexibility index (Phi) is 9.91. The van der Waals surface area contributed by atoms with Crippen molar-refractivity contribution in [1.82, 2.24) is 30.2 Å². The van der Waals surface area contributed by atoms with Gasteiger partial charge in [0, 0.05) is 17.9 Å². The van der Waals surface area contributed by atoms with E-state index in [1.165, 1.54) is 29.2 Å². The average Bonchev–Trinajstić information content (AvgIpc) is 4.05. The van der Waals surface area contributed by atoms with Gasteiger partial charge in [-0.15, -0.1) is 0 Å². The summed E-state index contributed by atoms with van der Waals surface area (Å²) in [5.74, 6) is -4.31. The van der Waals surface area contributed by atoms with Crippen LogP contribution in [0.25, 0.3) is 11.0 Å². The van der Waals surface area contributed by atoms with Crippen molar-refractivity contribution in [2.45, 2.75) is 93.7 Å². The molecule has 0 bridgehead atoms. The molecule has 13 nitrogen and oxygen atoms in total. The number of nitrogens with one attached hydrogen (secondary N) is 3. The summed E-state index contributed by atoms with van der Waals surface area (Å²) in [5, 5.41) is 4.92. The highest BCUT2D eigenvalue weighted by Crippen LogP contribution is 2.46. The van der Waals surface area contributed by atoms with E-state index in [0.717, 1.165) is 18.6 Å². The number of ether oxygens (including phenoxy) is 1. The Hall–Kier alpha value is -4.99. The minimum absolute atomic E-state index is 0.0119. The van der Waals surface area contributed by atoms with Crippen LogP contribution in [-0.4, -0.2) is 82.4 Å². The van der Waals surface area contributed by atoms with Crippen molar-refractivity contribution in [3.63, 3.8) is 0 Å². The van der Waals surface area contributed by atoms with Gasteiger partial charge in [0.25, 0.3) is 11.8 Å². The number of aromatic nitrogens is 2. The van der Waals surface area contributed by atoms with Crippen LogP contribution in [0.4, 0.5) is 8.78 Å². The predicted molar refractivity (Wildman–Crippen MR) is 188 cm³/mol. The van der Waals surface area contributed by atoms with Crippen LogP contribution in [0.3, 0.4) is 0 Å². The first-order chi connectivity index (χ1) is 25.3. The van der Waals surface area contributed by atoms with Gasteiger partial charge in [-0.1, -0.05) is 31.1 Å². The molecule has 2 aliphatic heterocycles. The number of carbonyl (C=O) groups is 4. The maximum Gasteiger partial charge on any atom is 0.259 e. The average molecular weight is 751 g/mol. The number of halogens is 2. The lowest BCUT2D eigenvalue weighted by Gasteiger charge is -2.30. The highest BCUT2D eigenvalue weighted by Gasteiger charge is 2.62. The van der Waals surface area contributed by atoms with E-state index >= 15 is 0 Å². The van der Waals surface area contributed by atoms with Crippen LogP contribution in [0.5, 0.6) is 5.88 Å². The first-order valence-electron chi connectivity index (χ1n) is 17.9. The normalized spacial score (nSPS) is 26.4. The van der Waals surface area contributed by atoms with Crippen molar-refractivity contribution >= 4 is 44.7 Å². The zero-order valence-corrected chi connectivity index (χ0v) is 29.8. The third kappa shape index (κ3) is 7.73. The number of hydrogen-bond acceptors (Lipinski definition) is 9. The van der Waals surface area contributed by atoms with Crippen molar-refractivity contribution in [1.29, 1.82) is 0 Å². The molecule has 4 aliphatic rings. The van der Waals surface area contributed by atoms with Gasteiger partial charge in [0.05, 0.1) is 17.3 Å². The fourth-order valence-electron chi connectivity index (χ4n) is 7.08. The zero-order chi connectivity index (χ0) is 37.5. The lowest BCUT2D eigenvalue weighted by atomic mass is 10.0. The quantitative estimate of drug-likeness (QED) is 0.306. The number of sulfonamides is 1. The molecule has 7 rings (SSSR count). The third-order valence-corrected chi connectivity index (χ3v) is 12.1. The summed E-state index contributed by atoms with van der Waals surface area (Å²) >= 11 is 0. The number of nitrogens with zero attached hydrogens (tertiary/aromatic N) is 3. The third-order valence-electron chi connectivity index (χ3n) is 10.3. The number of carbonyl (C=O) groups excluding carboxylic acids is 4. The number of para-hydroxylation sites is 1. The maximum absolute atomic E-state index is 14.7. The van der Waals surface area contributed by atoms with Crippen molar-refractivity contribution < 1.29 is 41.1 Å². The standard InChI is InChI=1S/C37H40F2N6O7S/c1-21-34(42-31-27(39)9-7-11-28(31)40-21)52-25-18-30-33(47)43-37(36(49)44-53(50,51)26-16-17-26)19-23(37)8-5-3-2-4-6-10-29(35(48)45(30)20-25)41-32(46)22-12-14-24(38)15-13-22/h5,7-9,11-15,23,25-26,29-30H,2-4,6,10,16-20H2,1H3,(H,41,46)(H,43,47)(H,44,49)/t23-,25-,29+,30+,37-/m1/s1. The first kappa shape index (κ1) is 36.4. The molecule has 3 fully saturated rings. The lowest BCUT2D eigenvalue weighted by Crippen LogP contribution is -2.58. The molecule has 3 heterocycles.